The van der Waals surface area contributed by atoms with E-state index in [2.05, 4.69) is 16.5 Å². The van der Waals surface area contributed by atoms with Gasteiger partial charge in [0.1, 0.15) is 5.82 Å². The minimum absolute atomic E-state index is 0.337. The van der Waals surface area contributed by atoms with E-state index in [-0.39, 0.29) is 0 Å². The van der Waals surface area contributed by atoms with Crippen molar-refractivity contribution in [2.75, 3.05) is 24.8 Å². The van der Waals surface area contributed by atoms with Gasteiger partial charge in [-0.2, -0.15) is 0 Å². The third-order valence-corrected chi connectivity index (χ3v) is 4.20. The second kappa shape index (κ2) is 10.8. The normalized spacial score (nSPS) is 13.1. The van der Waals surface area contributed by atoms with Gasteiger partial charge in [-0.1, -0.05) is 6.58 Å². The fraction of sp³-hybridized carbons (Fsp3) is 0.588. The first-order valence-electron chi connectivity index (χ1n) is 8.02. The van der Waals surface area contributed by atoms with Crippen molar-refractivity contribution >= 4 is 35.9 Å². The van der Waals surface area contributed by atoms with Crippen LogP contribution in [0.3, 0.4) is 0 Å². The Bertz CT molecular complexity index is 635. The molecule has 0 radical (unpaired) electrons. The zero-order chi connectivity index (χ0) is 18.1. The first-order chi connectivity index (χ1) is 11.4. The lowest BCUT2D eigenvalue weighted by Crippen LogP contribution is -2.28. The van der Waals surface area contributed by atoms with Gasteiger partial charge in [0.2, 0.25) is 0 Å². The third-order valence-electron chi connectivity index (χ3n) is 3.86. The van der Waals surface area contributed by atoms with E-state index in [4.69, 9.17) is 33.4 Å². The molecule has 0 spiro atoms. The Morgan fingerprint density at radius 2 is 1.96 bits per heavy atom. The number of halogens is 2. The second-order valence-electron chi connectivity index (χ2n) is 5.63. The molecule has 2 N–H and O–H groups in total. The Morgan fingerprint density at radius 1 is 1.33 bits per heavy atom. The van der Waals surface area contributed by atoms with E-state index in [0.29, 0.717) is 36.4 Å². The molecule has 1 aromatic heterocycles. The molecular formula is C17H27Cl2N3O2. The van der Waals surface area contributed by atoms with Crippen LogP contribution in [-0.4, -0.2) is 55.8 Å². The molecule has 0 aliphatic rings. The lowest BCUT2D eigenvalue weighted by Gasteiger charge is -2.23. The Hall–Kier alpha value is -1.01. The number of aliphatic hydroxyl groups is 2. The SMILES string of the molecule is C=c1nc(CCCC(O)O)n(C)/c1=C/C=C(\C)N(CCCl)CCCl. The lowest BCUT2D eigenvalue weighted by atomic mass is 10.2. The van der Waals surface area contributed by atoms with Crippen molar-refractivity contribution < 1.29 is 10.2 Å². The molecule has 0 saturated carbocycles. The Morgan fingerprint density at radius 3 is 2.50 bits per heavy atom. The van der Waals surface area contributed by atoms with E-state index in [1.807, 2.05) is 30.7 Å². The van der Waals surface area contributed by atoms with Crippen LogP contribution in [0.4, 0.5) is 0 Å². The lowest BCUT2D eigenvalue weighted by molar-refractivity contribution is -0.0462. The van der Waals surface area contributed by atoms with Gasteiger partial charge >= 0.3 is 0 Å². The molecule has 5 nitrogen and oxygen atoms in total. The van der Waals surface area contributed by atoms with Gasteiger partial charge in [-0.3, -0.25) is 0 Å². The zero-order valence-electron chi connectivity index (χ0n) is 14.4. The molecule has 0 atom stereocenters. The molecule has 7 heteroatoms. The standard InChI is InChI=1S/C17H27Cl2N3O2/c1-13(22(11-9-18)12-10-19)7-8-15-14(2)20-16(21(15)3)5-4-6-17(23)24/h7-8,17,23-24H,2,4-6,9-12H2,1,3H3/b13-7+,15-8+. The average Bonchev–Trinajstić information content (AvgIpc) is 2.78. The zero-order valence-corrected chi connectivity index (χ0v) is 15.9. The summed E-state index contributed by atoms with van der Waals surface area (Å²) in [5.41, 5.74) is 1.09. The summed E-state index contributed by atoms with van der Waals surface area (Å²) in [6.45, 7) is 7.52. The maximum atomic E-state index is 8.92. The summed E-state index contributed by atoms with van der Waals surface area (Å²) in [5.74, 6) is 1.99. The summed E-state index contributed by atoms with van der Waals surface area (Å²) < 4.78 is 1.99. The van der Waals surface area contributed by atoms with E-state index in [9.17, 15) is 0 Å². The van der Waals surface area contributed by atoms with Gasteiger partial charge in [0.05, 0.1) is 10.7 Å². The Labute approximate surface area is 153 Å². The monoisotopic (exact) mass is 375 g/mol. The van der Waals surface area contributed by atoms with Crippen molar-refractivity contribution in [2.24, 2.45) is 7.05 Å². The van der Waals surface area contributed by atoms with E-state index < -0.39 is 6.29 Å². The molecule has 1 aromatic rings. The third kappa shape index (κ3) is 6.48. The van der Waals surface area contributed by atoms with Gasteiger partial charge in [-0.05, 0) is 31.9 Å². The van der Waals surface area contributed by atoms with Gasteiger partial charge in [0.25, 0.3) is 0 Å². The highest BCUT2D eigenvalue weighted by Gasteiger charge is 2.06. The number of aliphatic hydroxyl groups excluding tert-OH is 1. The number of imidazole rings is 1. The minimum Gasteiger partial charge on any atom is -0.373 e. The van der Waals surface area contributed by atoms with Crippen LogP contribution in [0.15, 0.2) is 11.8 Å². The Balaban J connectivity index is 2.96. The maximum Gasteiger partial charge on any atom is 0.151 e. The molecule has 0 aliphatic heterocycles. The summed E-state index contributed by atoms with van der Waals surface area (Å²) in [6, 6.07) is 0. The van der Waals surface area contributed by atoms with Crippen molar-refractivity contribution in [3.63, 3.8) is 0 Å². The number of aryl methyl sites for hydroxylation is 1. The number of allylic oxidation sites excluding steroid dienone is 2. The predicted molar refractivity (Wildman–Crippen MR) is 100 cm³/mol. The van der Waals surface area contributed by atoms with Crippen LogP contribution in [0.25, 0.3) is 12.7 Å². The van der Waals surface area contributed by atoms with Gasteiger partial charge < -0.3 is 19.7 Å². The quantitative estimate of drug-likeness (QED) is 0.471. The molecule has 0 saturated heterocycles. The molecular weight excluding hydrogens is 349 g/mol. The van der Waals surface area contributed by atoms with Gasteiger partial charge in [0.15, 0.2) is 6.29 Å². The highest BCUT2D eigenvalue weighted by molar-refractivity contribution is 6.18. The summed E-state index contributed by atoms with van der Waals surface area (Å²) in [5, 5.41) is 19.5. The number of hydrogen-bond acceptors (Lipinski definition) is 4. The number of rotatable bonds is 10. The first-order valence-corrected chi connectivity index (χ1v) is 9.09. The van der Waals surface area contributed by atoms with Crippen molar-refractivity contribution in [1.29, 1.82) is 0 Å². The molecule has 0 amide bonds. The predicted octanol–water partition coefficient (Wildman–Crippen LogP) is 0.928. The number of alkyl halides is 2. The molecule has 0 bridgehead atoms. The van der Waals surface area contributed by atoms with Crippen molar-refractivity contribution in [1.82, 2.24) is 14.5 Å². The molecule has 1 heterocycles. The molecule has 0 fully saturated rings. The van der Waals surface area contributed by atoms with E-state index in [1.54, 1.807) is 0 Å². The second-order valence-corrected chi connectivity index (χ2v) is 6.39. The molecule has 0 aromatic carbocycles. The number of nitrogens with zero attached hydrogens (tertiary/aromatic N) is 3. The van der Waals surface area contributed by atoms with Crippen LogP contribution in [0.5, 0.6) is 0 Å². The van der Waals surface area contributed by atoms with Gasteiger partial charge in [-0.25, -0.2) is 4.98 Å². The van der Waals surface area contributed by atoms with Crippen LogP contribution in [0, 0.1) is 0 Å². The number of aromatic nitrogens is 2. The van der Waals surface area contributed by atoms with Crippen LogP contribution in [-0.2, 0) is 13.5 Å². The molecule has 0 unspecified atom stereocenters. The van der Waals surface area contributed by atoms with Gasteiger partial charge in [0, 0.05) is 44.0 Å². The Kier molecular flexibility index (Phi) is 9.44. The van der Waals surface area contributed by atoms with Crippen molar-refractivity contribution in [3.05, 3.63) is 28.3 Å². The summed E-state index contributed by atoms with van der Waals surface area (Å²) in [7, 11) is 1.94. The largest absolute Gasteiger partial charge is 0.373 e. The first kappa shape index (κ1) is 21.0. The fourth-order valence-corrected chi connectivity index (χ4v) is 2.88. The molecule has 0 aliphatic carbocycles. The van der Waals surface area contributed by atoms with Crippen molar-refractivity contribution in [2.45, 2.75) is 32.5 Å². The maximum absolute atomic E-state index is 8.92. The van der Waals surface area contributed by atoms with E-state index in [0.717, 1.165) is 30.0 Å². The minimum atomic E-state index is -1.27. The van der Waals surface area contributed by atoms with Gasteiger partial charge in [-0.15, -0.1) is 23.2 Å². The highest BCUT2D eigenvalue weighted by atomic mass is 35.5. The average molecular weight is 376 g/mol. The summed E-state index contributed by atoms with van der Waals surface area (Å²) in [4.78, 5) is 6.61. The topological polar surface area (TPSA) is 61.5 Å². The van der Waals surface area contributed by atoms with Crippen LogP contribution < -0.4 is 10.7 Å². The van der Waals surface area contributed by atoms with Crippen LogP contribution >= 0.6 is 23.2 Å². The molecule has 24 heavy (non-hydrogen) atoms. The fourth-order valence-electron chi connectivity index (χ4n) is 2.47. The summed E-state index contributed by atoms with van der Waals surface area (Å²) >= 11 is 11.7. The van der Waals surface area contributed by atoms with Crippen molar-refractivity contribution in [3.8, 4) is 0 Å². The molecule has 1 rings (SSSR count). The smallest absolute Gasteiger partial charge is 0.151 e. The summed E-state index contributed by atoms with van der Waals surface area (Å²) in [6.07, 6.45) is 4.42. The van der Waals surface area contributed by atoms with Crippen LogP contribution in [0.2, 0.25) is 0 Å². The van der Waals surface area contributed by atoms with E-state index >= 15 is 0 Å². The van der Waals surface area contributed by atoms with E-state index in [1.165, 1.54) is 0 Å². The number of hydrogen-bond donors (Lipinski definition) is 2. The highest BCUT2D eigenvalue weighted by Crippen LogP contribution is 2.05. The van der Waals surface area contributed by atoms with Crippen LogP contribution in [0.1, 0.15) is 25.6 Å². The molecule has 136 valence electrons.